The number of hydrogen-bond acceptors (Lipinski definition) is 5. The summed E-state index contributed by atoms with van der Waals surface area (Å²) in [7, 11) is 1.69. The largest absolute Gasteiger partial charge is 0.367 e. The Hall–Kier alpha value is -2.76. The van der Waals surface area contributed by atoms with E-state index in [1.165, 1.54) is 10.9 Å². The lowest BCUT2D eigenvalue weighted by atomic mass is 10.1. The Morgan fingerprint density at radius 3 is 2.67 bits per heavy atom. The van der Waals surface area contributed by atoms with Crippen molar-refractivity contribution in [2.24, 2.45) is 7.05 Å². The number of aromatic nitrogens is 4. The van der Waals surface area contributed by atoms with Crippen LogP contribution in [0.25, 0.3) is 22.2 Å². The van der Waals surface area contributed by atoms with E-state index in [0.29, 0.717) is 16.7 Å². The molecule has 124 valence electrons. The predicted molar refractivity (Wildman–Crippen MR) is 96.1 cm³/mol. The van der Waals surface area contributed by atoms with Crippen molar-refractivity contribution in [2.75, 3.05) is 5.32 Å². The van der Waals surface area contributed by atoms with Crippen LogP contribution in [0.2, 0.25) is 0 Å². The van der Waals surface area contributed by atoms with E-state index >= 15 is 0 Å². The summed E-state index contributed by atoms with van der Waals surface area (Å²) in [6, 6.07) is 5.99. The molecule has 0 radical (unpaired) electrons. The Morgan fingerprint density at radius 1 is 1.25 bits per heavy atom. The van der Waals surface area contributed by atoms with E-state index < -0.39 is 0 Å². The normalized spacial score (nSPS) is 11.2. The number of rotatable bonds is 4. The zero-order valence-corrected chi connectivity index (χ0v) is 14.4. The summed E-state index contributed by atoms with van der Waals surface area (Å²) in [6.45, 7) is 6.10. The van der Waals surface area contributed by atoms with E-state index in [9.17, 15) is 4.79 Å². The molecule has 0 fully saturated rings. The van der Waals surface area contributed by atoms with Crippen LogP contribution >= 0.6 is 0 Å². The van der Waals surface area contributed by atoms with Crippen LogP contribution in [0.5, 0.6) is 0 Å². The van der Waals surface area contributed by atoms with Crippen LogP contribution < -0.4 is 10.9 Å². The fourth-order valence-electron chi connectivity index (χ4n) is 2.53. The van der Waals surface area contributed by atoms with Gasteiger partial charge < -0.3 is 9.88 Å². The lowest BCUT2D eigenvalue weighted by molar-refractivity contribution is 0.839. The molecule has 3 aromatic rings. The monoisotopic (exact) mass is 323 g/mol. The molecule has 0 bridgehead atoms. The Morgan fingerprint density at radius 2 is 2.04 bits per heavy atom. The number of anilines is 1. The molecular weight excluding hydrogens is 302 g/mol. The second kappa shape index (κ2) is 6.39. The van der Waals surface area contributed by atoms with Gasteiger partial charge in [0.2, 0.25) is 0 Å². The van der Waals surface area contributed by atoms with Gasteiger partial charge in [-0.1, -0.05) is 6.92 Å². The summed E-state index contributed by atoms with van der Waals surface area (Å²) in [5.41, 5.74) is 3.21. The Balaban J connectivity index is 2.22. The summed E-state index contributed by atoms with van der Waals surface area (Å²) in [5, 5.41) is 3.77. The lowest BCUT2D eigenvalue weighted by Gasteiger charge is -2.13. The topological polar surface area (TPSA) is 72.7 Å². The van der Waals surface area contributed by atoms with Gasteiger partial charge in [-0.05, 0) is 38.5 Å². The van der Waals surface area contributed by atoms with Crippen LogP contribution in [0, 0.1) is 0 Å². The minimum atomic E-state index is -0.110. The molecule has 3 rings (SSSR count). The summed E-state index contributed by atoms with van der Waals surface area (Å²) < 4.78 is 1.47. The van der Waals surface area contributed by atoms with Crippen LogP contribution in [0.15, 0.2) is 35.5 Å². The highest BCUT2D eigenvalue weighted by Gasteiger charge is 2.14. The van der Waals surface area contributed by atoms with E-state index in [4.69, 9.17) is 0 Å². The molecule has 0 amide bonds. The maximum atomic E-state index is 12.5. The van der Waals surface area contributed by atoms with E-state index in [1.54, 1.807) is 7.05 Å². The fourth-order valence-corrected chi connectivity index (χ4v) is 2.53. The maximum absolute atomic E-state index is 12.5. The van der Waals surface area contributed by atoms with Crippen molar-refractivity contribution in [1.82, 2.24) is 19.5 Å². The highest BCUT2D eigenvalue weighted by atomic mass is 16.1. The van der Waals surface area contributed by atoms with Gasteiger partial charge in [0, 0.05) is 30.5 Å². The van der Waals surface area contributed by atoms with Gasteiger partial charge in [0.25, 0.3) is 5.56 Å². The minimum Gasteiger partial charge on any atom is -0.367 e. The average Bonchev–Trinajstić information content (AvgIpc) is 2.57. The van der Waals surface area contributed by atoms with Crippen molar-refractivity contribution < 1.29 is 0 Å². The van der Waals surface area contributed by atoms with Gasteiger partial charge in [-0.3, -0.25) is 9.78 Å². The average molecular weight is 323 g/mol. The molecule has 1 N–H and O–H groups in total. The van der Waals surface area contributed by atoms with Gasteiger partial charge in [-0.15, -0.1) is 0 Å². The van der Waals surface area contributed by atoms with Crippen molar-refractivity contribution in [2.45, 2.75) is 33.2 Å². The van der Waals surface area contributed by atoms with Crippen molar-refractivity contribution in [1.29, 1.82) is 0 Å². The Bertz CT molecular complexity index is 929. The SMILES string of the molecule is CCc1ccc(-c2cc3ncn(C)c(=O)c3c(NC(C)C)n2)cn1. The second-order valence-corrected chi connectivity index (χ2v) is 6.10. The van der Waals surface area contributed by atoms with Gasteiger partial charge in [0.1, 0.15) is 11.2 Å². The third-order valence-corrected chi connectivity index (χ3v) is 3.81. The summed E-state index contributed by atoms with van der Waals surface area (Å²) >= 11 is 0. The van der Waals surface area contributed by atoms with Gasteiger partial charge in [0.05, 0.1) is 17.5 Å². The molecule has 0 spiro atoms. The van der Waals surface area contributed by atoms with Crippen molar-refractivity contribution >= 4 is 16.7 Å². The quantitative estimate of drug-likeness (QED) is 0.799. The van der Waals surface area contributed by atoms with Gasteiger partial charge >= 0.3 is 0 Å². The molecule has 6 nitrogen and oxygen atoms in total. The molecule has 6 heteroatoms. The first-order valence-electron chi connectivity index (χ1n) is 8.07. The van der Waals surface area contributed by atoms with Crippen LogP contribution in [0.1, 0.15) is 26.5 Å². The maximum Gasteiger partial charge on any atom is 0.264 e. The first-order chi connectivity index (χ1) is 11.5. The smallest absolute Gasteiger partial charge is 0.264 e. The van der Waals surface area contributed by atoms with Crippen LogP contribution in [0.3, 0.4) is 0 Å². The fraction of sp³-hybridized carbons (Fsp3) is 0.333. The minimum absolute atomic E-state index is 0.110. The van der Waals surface area contributed by atoms with E-state index in [-0.39, 0.29) is 11.6 Å². The molecule has 0 aliphatic rings. The molecule has 0 atom stereocenters. The number of aryl methyl sites for hydroxylation is 2. The highest BCUT2D eigenvalue weighted by Crippen LogP contribution is 2.25. The molecule has 0 aliphatic carbocycles. The first-order valence-corrected chi connectivity index (χ1v) is 8.07. The summed E-state index contributed by atoms with van der Waals surface area (Å²) in [4.78, 5) is 26.0. The molecule has 24 heavy (non-hydrogen) atoms. The molecule has 3 aromatic heterocycles. The molecular formula is C18H21N5O. The predicted octanol–water partition coefficient (Wildman–Crippen LogP) is 2.77. The molecule has 0 aliphatic heterocycles. The molecule has 3 heterocycles. The molecule has 0 saturated heterocycles. The van der Waals surface area contributed by atoms with Gasteiger partial charge in [-0.25, -0.2) is 9.97 Å². The number of pyridine rings is 2. The highest BCUT2D eigenvalue weighted by molar-refractivity contribution is 5.91. The van der Waals surface area contributed by atoms with Crippen molar-refractivity contribution in [3.05, 3.63) is 46.8 Å². The number of hydrogen-bond donors (Lipinski definition) is 1. The Labute approximate surface area is 140 Å². The summed E-state index contributed by atoms with van der Waals surface area (Å²) in [6.07, 6.45) is 4.24. The van der Waals surface area contributed by atoms with Crippen LogP contribution in [-0.4, -0.2) is 25.6 Å². The van der Waals surface area contributed by atoms with E-state index in [0.717, 1.165) is 23.4 Å². The third kappa shape index (κ3) is 2.99. The zero-order valence-electron chi connectivity index (χ0n) is 14.4. The third-order valence-electron chi connectivity index (χ3n) is 3.81. The lowest BCUT2D eigenvalue weighted by Crippen LogP contribution is -2.21. The first kappa shape index (κ1) is 16.1. The van der Waals surface area contributed by atoms with Crippen LogP contribution in [-0.2, 0) is 13.5 Å². The van der Waals surface area contributed by atoms with Crippen molar-refractivity contribution in [3.63, 3.8) is 0 Å². The number of fused-ring (bicyclic) bond motifs is 1. The van der Waals surface area contributed by atoms with E-state index in [2.05, 4.69) is 27.2 Å². The zero-order chi connectivity index (χ0) is 17.3. The number of nitrogens with zero attached hydrogens (tertiary/aromatic N) is 4. The van der Waals surface area contributed by atoms with Gasteiger partial charge in [0.15, 0.2) is 0 Å². The summed E-state index contributed by atoms with van der Waals surface area (Å²) in [5.74, 6) is 0.561. The van der Waals surface area contributed by atoms with Crippen LogP contribution in [0.4, 0.5) is 5.82 Å². The molecule has 0 saturated carbocycles. The molecule has 0 aromatic carbocycles. The standard InChI is InChI=1S/C18H21N5O/c1-5-13-7-6-12(9-19-13)14-8-15-16(17(22-14)21-11(2)3)18(24)23(4)10-20-15/h6-11H,5H2,1-4H3,(H,21,22). The Kier molecular flexibility index (Phi) is 4.29. The molecule has 0 unspecified atom stereocenters. The van der Waals surface area contributed by atoms with Crippen molar-refractivity contribution in [3.8, 4) is 11.3 Å². The van der Waals surface area contributed by atoms with Gasteiger partial charge in [-0.2, -0.15) is 0 Å². The number of nitrogens with one attached hydrogen (secondary N) is 1. The second-order valence-electron chi connectivity index (χ2n) is 6.10. The van der Waals surface area contributed by atoms with E-state index in [1.807, 2.05) is 38.2 Å².